The molecule has 0 aliphatic carbocycles. The van der Waals surface area contributed by atoms with Crippen molar-refractivity contribution in [2.45, 2.75) is 0 Å². The molecule has 9 rings (SSSR count). The Morgan fingerprint density at radius 3 is 1.46 bits per heavy atom. The van der Waals surface area contributed by atoms with Crippen molar-refractivity contribution in [2.24, 2.45) is 0 Å². The van der Waals surface area contributed by atoms with Gasteiger partial charge >= 0.3 is 0 Å². The zero-order valence-corrected chi connectivity index (χ0v) is 24.2. The van der Waals surface area contributed by atoms with Crippen molar-refractivity contribution < 1.29 is 0 Å². The Morgan fingerprint density at radius 1 is 0.390 bits per heavy atom. The van der Waals surface area contributed by atoms with Crippen LogP contribution in [0.5, 0.6) is 0 Å². The van der Waals surface area contributed by atoms with Crippen LogP contribution in [-0.2, 0) is 0 Å². The van der Waals surface area contributed by atoms with E-state index < -0.39 is 0 Å². The largest absolute Gasteiger partial charge is 0.309 e. The second-order valence-corrected chi connectivity index (χ2v) is 11.9. The van der Waals surface area contributed by atoms with Gasteiger partial charge in [-0.15, -0.1) is 0 Å². The highest BCUT2D eigenvalue weighted by atomic mass is 127. The number of benzene rings is 7. The van der Waals surface area contributed by atoms with Gasteiger partial charge in [0.25, 0.3) is 0 Å². The number of aromatic nitrogens is 2. The average molecular weight is 635 g/mol. The lowest BCUT2D eigenvalue weighted by Gasteiger charge is -2.15. The quantitative estimate of drug-likeness (QED) is 0.168. The fourth-order valence-corrected chi connectivity index (χ4v) is 7.54. The molecule has 0 unspecified atom stereocenters. The smallest absolute Gasteiger partial charge is 0.0619 e. The van der Waals surface area contributed by atoms with E-state index in [0.29, 0.717) is 0 Å². The van der Waals surface area contributed by atoms with E-state index in [2.05, 4.69) is 171 Å². The standard InChI is InChI=1S/C38H23IN2/c39-33-23-26(40-34-15-7-5-13-29(34)31-20-17-24-9-1-3-11-27(24)37(31)40)19-22-36(33)41-35-16-8-6-14-30(35)32-21-18-25-10-2-4-12-28(25)38(32)41/h1-23H. The van der Waals surface area contributed by atoms with Crippen LogP contribution in [0.2, 0.25) is 0 Å². The van der Waals surface area contributed by atoms with E-state index in [1.165, 1.54) is 80.1 Å². The van der Waals surface area contributed by atoms with Crippen molar-refractivity contribution >= 4 is 87.7 Å². The first-order valence-corrected chi connectivity index (χ1v) is 15.0. The molecule has 2 nitrogen and oxygen atoms in total. The predicted molar refractivity (Wildman–Crippen MR) is 183 cm³/mol. The number of fused-ring (bicyclic) bond motifs is 10. The van der Waals surface area contributed by atoms with Gasteiger partial charge < -0.3 is 9.13 Å². The van der Waals surface area contributed by atoms with Gasteiger partial charge in [0.1, 0.15) is 0 Å². The van der Waals surface area contributed by atoms with Crippen molar-refractivity contribution in [3.63, 3.8) is 0 Å². The summed E-state index contributed by atoms with van der Waals surface area (Å²) in [5.74, 6) is 0. The van der Waals surface area contributed by atoms with Gasteiger partial charge in [0.2, 0.25) is 0 Å². The summed E-state index contributed by atoms with van der Waals surface area (Å²) in [6.07, 6.45) is 0. The maximum atomic E-state index is 2.53. The summed E-state index contributed by atoms with van der Waals surface area (Å²) in [4.78, 5) is 0. The van der Waals surface area contributed by atoms with E-state index in [0.717, 1.165) is 0 Å². The van der Waals surface area contributed by atoms with E-state index in [4.69, 9.17) is 0 Å². The summed E-state index contributed by atoms with van der Waals surface area (Å²) in [5, 5.41) is 10.2. The molecule has 2 heterocycles. The number of para-hydroxylation sites is 2. The van der Waals surface area contributed by atoms with Gasteiger partial charge in [-0.3, -0.25) is 0 Å². The molecule has 0 N–H and O–H groups in total. The Kier molecular flexibility index (Phi) is 4.90. The molecular weight excluding hydrogens is 611 g/mol. The molecule has 0 saturated carbocycles. The van der Waals surface area contributed by atoms with Gasteiger partial charge in [0, 0.05) is 41.6 Å². The first-order valence-electron chi connectivity index (χ1n) is 13.9. The molecule has 0 fully saturated rings. The first kappa shape index (κ1) is 23.1. The van der Waals surface area contributed by atoms with E-state index in [1.807, 2.05) is 0 Å². The third kappa shape index (κ3) is 3.24. The van der Waals surface area contributed by atoms with Crippen LogP contribution in [0, 0.1) is 3.57 Å². The minimum absolute atomic E-state index is 1.17. The van der Waals surface area contributed by atoms with Gasteiger partial charge in [-0.05, 0) is 63.7 Å². The molecule has 0 bridgehead atoms. The normalized spacial score (nSPS) is 12.0. The second-order valence-electron chi connectivity index (χ2n) is 10.7. The van der Waals surface area contributed by atoms with Crippen LogP contribution in [0.25, 0.3) is 76.5 Å². The van der Waals surface area contributed by atoms with Gasteiger partial charge in [0.15, 0.2) is 0 Å². The highest BCUT2D eigenvalue weighted by Gasteiger charge is 2.19. The molecule has 41 heavy (non-hydrogen) atoms. The number of rotatable bonds is 2. The fraction of sp³-hybridized carbons (Fsp3) is 0. The molecule has 0 saturated heterocycles. The molecule has 0 amide bonds. The van der Waals surface area contributed by atoms with Gasteiger partial charge in [-0.2, -0.15) is 0 Å². The summed E-state index contributed by atoms with van der Waals surface area (Å²) in [5.41, 5.74) is 7.35. The third-order valence-corrected chi connectivity index (χ3v) is 9.41. The van der Waals surface area contributed by atoms with Crippen molar-refractivity contribution in [3.05, 3.63) is 143 Å². The van der Waals surface area contributed by atoms with Crippen LogP contribution in [0.1, 0.15) is 0 Å². The van der Waals surface area contributed by atoms with Crippen molar-refractivity contribution in [3.8, 4) is 11.4 Å². The highest BCUT2D eigenvalue weighted by Crippen LogP contribution is 2.40. The predicted octanol–water partition coefficient (Wildman–Crippen LogP) is 10.8. The zero-order valence-electron chi connectivity index (χ0n) is 22.1. The summed E-state index contributed by atoms with van der Waals surface area (Å²) in [7, 11) is 0. The van der Waals surface area contributed by atoms with Crippen molar-refractivity contribution in [1.29, 1.82) is 0 Å². The van der Waals surface area contributed by atoms with E-state index in [-0.39, 0.29) is 0 Å². The van der Waals surface area contributed by atoms with Crippen LogP contribution >= 0.6 is 22.6 Å². The lowest BCUT2D eigenvalue weighted by atomic mass is 10.1. The number of hydrogen-bond acceptors (Lipinski definition) is 0. The van der Waals surface area contributed by atoms with Crippen molar-refractivity contribution in [1.82, 2.24) is 9.13 Å². The lowest BCUT2D eigenvalue weighted by Crippen LogP contribution is -2.01. The van der Waals surface area contributed by atoms with Crippen LogP contribution in [-0.4, -0.2) is 9.13 Å². The Balaban J connectivity index is 1.36. The Morgan fingerprint density at radius 2 is 0.878 bits per heavy atom. The fourth-order valence-electron chi connectivity index (χ4n) is 6.80. The summed E-state index contributed by atoms with van der Waals surface area (Å²) in [6.45, 7) is 0. The molecule has 0 radical (unpaired) electrons. The molecule has 0 aliphatic rings. The molecule has 9 aromatic rings. The SMILES string of the molecule is Ic1cc(-n2c3ccccc3c3ccc4ccccc4c32)ccc1-n1c2ccccc2c2ccc3ccccc3c21. The topological polar surface area (TPSA) is 9.86 Å². The molecule has 2 aromatic heterocycles. The molecule has 0 atom stereocenters. The number of halogens is 1. The molecule has 3 heteroatoms. The Hall–Kier alpha value is -4.61. The minimum Gasteiger partial charge on any atom is -0.309 e. The molecule has 192 valence electrons. The molecule has 0 spiro atoms. The average Bonchev–Trinajstić information content (AvgIpc) is 3.55. The zero-order chi connectivity index (χ0) is 27.1. The van der Waals surface area contributed by atoms with E-state index >= 15 is 0 Å². The van der Waals surface area contributed by atoms with Crippen LogP contribution in [0.15, 0.2) is 140 Å². The first-order chi connectivity index (χ1) is 20.3. The second kappa shape index (κ2) is 8.69. The molecular formula is C38H23IN2. The summed E-state index contributed by atoms with van der Waals surface area (Å²) >= 11 is 2.53. The number of hydrogen-bond donors (Lipinski definition) is 0. The Labute approximate surface area is 250 Å². The van der Waals surface area contributed by atoms with Gasteiger partial charge in [-0.25, -0.2) is 0 Å². The summed E-state index contributed by atoms with van der Waals surface area (Å²) < 4.78 is 6.11. The van der Waals surface area contributed by atoms with Gasteiger partial charge in [0.05, 0.1) is 27.8 Å². The lowest BCUT2D eigenvalue weighted by molar-refractivity contribution is 1.14. The maximum Gasteiger partial charge on any atom is 0.0619 e. The van der Waals surface area contributed by atoms with E-state index in [9.17, 15) is 0 Å². The number of nitrogens with zero attached hydrogens (tertiary/aromatic N) is 2. The Bertz CT molecular complexity index is 2500. The third-order valence-electron chi connectivity index (χ3n) is 8.55. The van der Waals surface area contributed by atoms with Crippen LogP contribution < -0.4 is 0 Å². The van der Waals surface area contributed by atoms with Crippen LogP contribution in [0.3, 0.4) is 0 Å². The van der Waals surface area contributed by atoms with E-state index in [1.54, 1.807) is 0 Å². The summed E-state index contributed by atoms with van der Waals surface area (Å²) in [6, 6.07) is 50.9. The van der Waals surface area contributed by atoms with Crippen molar-refractivity contribution in [2.75, 3.05) is 0 Å². The maximum absolute atomic E-state index is 2.53. The molecule has 7 aromatic carbocycles. The highest BCUT2D eigenvalue weighted by molar-refractivity contribution is 14.1. The van der Waals surface area contributed by atoms with Crippen LogP contribution in [0.4, 0.5) is 0 Å². The monoisotopic (exact) mass is 634 g/mol. The molecule has 0 aliphatic heterocycles. The minimum atomic E-state index is 1.17. The van der Waals surface area contributed by atoms with Gasteiger partial charge in [-0.1, -0.05) is 109 Å².